The number of hydrogen-bond donors (Lipinski definition) is 1. The Labute approximate surface area is 115 Å². The number of pyridine rings is 1. The van der Waals surface area contributed by atoms with Crippen LogP contribution in [0, 0.1) is 6.92 Å². The van der Waals surface area contributed by atoms with Gasteiger partial charge in [0, 0.05) is 18.8 Å². The molecule has 7 heteroatoms. The standard InChI is InChI=1S/C13H14N4O3/c1-9-3-5-11(10(16-9)4-6-13(18)19)20-7-12-14-8-15-17(12)2/h3-6,8H,7H2,1-2H3,(H,18,19). The van der Waals surface area contributed by atoms with E-state index < -0.39 is 5.97 Å². The molecule has 0 amide bonds. The minimum absolute atomic E-state index is 0.231. The number of aliphatic carboxylic acids is 1. The molecule has 2 aromatic heterocycles. The normalized spacial score (nSPS) is 10.9. The van der Waals surface area contributed by atoms with Crippen molar-refractivity contribution in [2.45, 2.75) is 13.5 Å². The lowest BCUT2D eigenvalue weighted by Crippen LogP contribution is -2.05. The Bertz CT molecular complexity index is 649. The molecule has 0 spiro atoms. The third kappa shape index (κ3) is 3.41. The molecule has 0 unspecified atom stereocenters. The summed E-state index contributed by atoms with van der Waals surface area (Å²) in [6, 6.07) is 3.55. The van der Waals surface area contributed by atoms with Crippen molar-refractivity contribution in [3.63, 3.8) is 0 Å². The molecule has 104 valence electrons. The highest BCUT2D eigenvalue weighted by Crippen LogP contribution is 2.19. The number of aryl methyl sites for hydroxylation is 2. The van der Waals surface area contributed by atoms with Gasteiger partial charge in [0.1, 0.15) is 24.4 Å². The first-order valence-electron chi connectivity index (χ1n) is 5.90. The first kappa shape index (κ1) is 13.7. The lowest BCUT2D eigenvalue weighted by atomic mass is 10.2. The molecule has 0 saturated heterocycles. The maximum atomic E-state index is 10.6. The van der Waals surface area contributed by atoms with Gasteiger partial charge in [-0.05, 0) is 25.1 Å². The van der Waals surface area contributed by atoms with Crippen LogP contribution in [0.4, 0.5) is 0 Å². The summed E-state index contributed by atoms with van der Waals surface area (Å²) in [4.78, 5) is 18.9. The van der Waals surface area contributed by atoms with Gasteiger partial charge in [-0.1, -0.05) is 0 Å². The molecular formula is C13H14N4O3. The second-order valence-corrected chi connectivity index (χ2v) is 4.10. The van der Waals surface area contributed by atoms with Crippen LogP contribution in [0.25, 0.3) is 6.08 Å². The van der Waals surface area contributed by atoms with E-state index in [1.54, 1.807) is 23.9 Å². The summed E-state index contributed by atoms with van der Waals surface area (Å²) in [6.45, 7) is 2.06. The molecule has 2 aromatic rings. The molecule has 0 aliphatic rings. The van der Waals surface area contributed by atoms with E-state index in [0.29, 0.717) is 17.3 Å². The highest BCUT2D eigenvalue weighted by atomic mass is 16.5. The van der Waals surface area contributed by atoms with Gasteiger partial charge < -0.3 is 9.84 Å². The minimum Gasteiger partial charge on any atom is -0.483 e. The van der Waals surface area contributed by atoms with Gasteiger partial charge in [-0.2, -0.15) is 5.10 Å². The molecule has 0 bridgehead atoms. The van der Waals surface area contributed by atoms with E-state index in [0.717, 1.165) is 11.8 Å². The molecule has 0 fully saturated rings. The van der Waals surface area contributed by atoms with Crippen molar-refractivity contribution in [2.24, 2.45) is 7.05 Å². The molecule has 1 N–H and O–H groups in total. The molecule has 0 aromatic carbocycles. The van der Waals surface area contributed by atoms with Crippen LogP contribution in [0.5, 0.6) is 5.75 Å². The van der Waals surface area contributed by atoms with Crippen molar-refractivity contribution in [1.82, 2.24) is 19.7 Å². The lowest BCUT2D eigenvalue weighted by molar-refractivity contribution is -0.131. The number of aromatic nitrogens is 4. The molecule has 0 atom stereocenters. The number of carboxylic acids is 1. The maximum absolute atomic E-state index is 10.6. The van der Waals surface area contributed by atoms with Gasteiger partial charge in [-0.3, -0.25) is 4.68 Å². The Morgan fingerprint density at radius 1 is 1.50 bits per heavy atom. The van der Waals surface area contributed by atoms with Crippen LogP contribution in [-0.4, -0.2) is 30.8 Å². The third-order valence-corrected chi connectivity index (χ3v) is 2.57. The fourth-order valence-corrected chi connectivity index (χ4v) is 1.55. The van der Waals surface area contributed by atoms with Crippen LogP contribution in [-0.2, 0) is 18.4 Å². The Balaban J connectivity index is 2.18. The molecule has 7 nitrogen and oxygen atoms in total. The van der Waals surface area contributed by atoms with E-state index >= 15 is 0 Å². The largest absolute Gasteiger partial charge is 0.483 e. The lowest BCUT2D eigenvalue weighted by Gasteiger charge is -2.08. The molecule has 2 heterocycles. The van der Waals surface area contributed by atoms with Crippen LogP contribution in [0.15, 0.2) is 24.5 Å². The Morgan fingerprint density at radius 2 is 2.30 bits per heavy atom. The topological polar surface area (TPSA) is 90.1 Å². The maximum Gasteiger partial charge on any atom is 0.328 e. The summed E-state index contributed by atoms with van der Waals surface area (Å²) >= 11 is 0. The molecule has 0 saturated carbocycles. The Hall–Kier alpha value is -2.70. The third-order valence-electron chi connectivity index (χ3n) is 2.57. The fourth-order valence-electron chi connectivity index (χ4n) is 1.55. The van der Waals surface area contributed by atoms with Crippen LogP contribution in [0.2, 0.25) is 0 Å². The zero-order chi connectivity index (χ0) is 14.5. The summed E-state index contributed by atoms with van der Waals surface area (Å²) < 4.78 is 7.23. The van der Waals surface area contributed by atoms with Gasteiger partial charge in [0.15, 0.2) is 5.82 Å². The number of carboxylic acid groups (broad SMARTS) is 1. The molecule has 0 radical (unpaired) electrons. The van der Waals surface area contributed by atoms with Crippen molar-refractivity contribution in [1.29, 1.82) is 0 Å². The van der Waals surface area contributed by atoms with Crippen molar-refractivity contribution < 1.29 is 14.6 Å². The SMILES string of the molecule is Cc1ccc(OCc2ncnn2C)c(C=CC(=O)O)n1. The zero-order valence-corrected chi connectivity index (χ0v) is 11.1. The Kier molecular flexibility index (Phi) is 4.09. The predicted molar refractivity (Wildman–Crippen MR) is 71.0 cm³/mol. The summed E-state index contributed by atoms with van der Waals surface area (Å²) in [5.41, 5.74) is 1.25. The van der Waals surface area contributed by atoms with Crippen molar-refractivity contribution in [3.8, 4) is 5.75 Å². The molecule has 2 rings (SSSR count). The number of carbonyl (C=O) groups is 1. The van der Waals surface area contributed by atoms with E-state index in [-0.39, 0.29) is 6.61 Å². The average molecular weight is 274 g/mol. The number of rotatable bonds is 5. The van der Waals surface area contributed by atoms with Crippen LogP contribution in [0.3, 0.4) is 0 Å². The molecule has 0 aliphatic carbocycles. The van der Waals surface area contributed by atoms with E-state index in [4.69, 9.17) is 9.84 Å². The van der Waals surface area contributed by atoms with Gasteiger partial charge in [0.25, 0.3) is 0 Å². The zero-order valence-electron chi connectivity index (χ0n) is 11.1. The smallest absolute Gasteiger partial charge is 0.328 e. The van der Waals surface area contributed by atoms with Crippen molar-refractivity contribution >= 4 is 12.0 Å². The van der Waals surface area contributed by atoms with Gasteiger partial charge >= 0.3 is 5.97 Å². The van der Waals surface area contributed by atoms with Crippen LogP contribution in [0.1, 0.15) is 17.2 Å². The van der Waals surface area contributed by atoms with Crippen molar-refractivity contribution in [2.75, 3.05) is 0 Å². The van der Waals surface area contributed by atoms with E-state index in [1.165, 1.54) is 12.4 Å². The first-order valence-corrected chi connectivity index (χ1v) is 5.90. The minimum atomic E-state index is -1.03. The van der Waals surface area contributed by atoms with Gasteiger partial charge in [0.05, 0.1) is 0 Å². The Morgan fingerprint density at radius 3 is 2.95 bits per heavy atom. The number of nitrogens with zero attached hydrogens (tertiary/aromatic N) is 4. The van der Waals surface area contributed by atoms with Gasteiger partial charge in [-0.15, -0.1) is 0 Å². The fraction of sp³-hybridized carbons (Fsp3) is 0.231. The predicted octanol–water partition coefficient (Wildman–Crippen LogP) is 1.20. The van der Waals surface area contributed by atoms with E-state index in [1.807, 2.05) is 6.92 Å². The second kappa shape index (κ2) is 5.96. The highest BCUT2D eigenvalue weighted by Gasteiger charge is 2.06. The second-order valence-electron chi connectivity index (χ2n) is 4.10. The van der Waals surface area contributed by atoms with Crippen molar-refractivity contribution in [3.05, 3.63) is 41.7 Å². The molecular weight excluding hydrogens is 260 g/mol. The summed E-state index contributed by atoms with van der Waals surface area (Å²) in [7, 11) is 1.77. The number of hydrogen-bond acceptors (Lipinski definition) is 5. The summed E-state index contributed by atoms with van der Waals surface area (Å²) in [5.74, 6) is 0.127. The number of ether oxygens (including phenoxy) is 1. The monoisotopic (exact) mass is 274 g/mol. The summed E-state index contributed by atoms with van der Waals surface area (Å²) in [5, 5.41) is 12.6. The van der Waals surface area contributed by atoms with Crippen LogP contribution >= 0.6 is 0 Å². The highest BCUT2D eigenvalue weighted by molar-refractivity contribution is 5.85. The molecule has 0 aliphatic heterocycles. The quantitative estimate of drug-likeness (QED) is 0.824. The van der Waals surface area contributed by atoms with Gasteiger partial charge in [0.2, 0.25) is 0 Å². The van der Waals surface area contributed by atoms with E-state index in [9.17, 15) is 4.79 Å². The average Bonchev–Trinajstić information content (AvgIpc) is 2.81. The van der Waals surface area contributed by atoms with Gasteiger partial charge in [-0.25, -0.2) is 14.8 Å². The summed E-state index contributed by atoms with van der Waals surface area (Å²) in [6.07, 6.45) is 3.87. The van der Waals surface area contributed by atoms with E-state index in [2.05, 4.69) is 15.1 Å². The molecule has 20 heavy (non-hydrogen) atoms. The van der Waals surface area contributed by atoms with Crippen LogP contribution < -0.4 is 4.74 Å². The first-order chi connectivity index (χ1) is 9.56.